The normalized spacial score (nSPS) is 10.4. The lowest BCUT2D eigenvalue weighted by molar-refractivity contribution is 0.441. The number of hydrogen-bond donors (Lipinski definition) is 2. The molecule has 0 fully saturated rings. The predicted molar refractivity (Wildman–Crippen MR) is 72.7 cm³/mol. The van der Waals surface area contributed by atoms with E-state index in [-0.39, 0.29) is 11.5 Å². The smallest absolute Gasteiger partial charge is 0.136 e. The summed E-state index contributed by atoms with van der Waals surface area (Å²) in [6.07, 6.45) is 0. The summed E-state index contributed by atoms with van der Waals surface area (Å²) in [5.74, 6) is 0.274. The summed E-state index contributed by atoms with van der Waals surface area (Å²) >= 11 is 2.09. The number of hydrogen-bond acceptors (Lipinski definition) is 2. The van der Waals surface area contributed by atoms with Crippen molar-refractivity contribution >= 4 is 22.6 Å². The van der Waals surface area contributed by atoms with Crippen molar-refractivity contribution in [3.05, 3.63) is 45.5 Å². The van der Waals surface area contributed by atoms with E-state index in [0.29, 0.717) is 5.56 Å². The van der Waals surface area contributed by atoms with Gasteiger partial charge in [-0.1, -0.05) is 30.3 Å². The summed E-state index contributed by atoms with van der Waals surface area (Å²) in [5, 5.41) is 19.6. The Morgan fingerprint density at radius 1 is 1.06 bits per heavy atom. The Labute approximate surface area is 108 Å². The van der Waals surface area contributed by atoms with Gasteiger partial charge < -0.3 is 10.2 Å². The number of phenols is 2. The minimum absolute atomic E-state index is 0.122. The molecule has 0 heterocycles. The largest absolute Gasteiger partial charge is 0.508 e. The third-order valence-corrected chi connectivity index (χ3v) is 3.64. The molecule has 0 saturated heterocycles. The van der Waals surface area contributed by atoms with E-state index >= 15 is 0 Å². The van der Waals surface area contributed by atoms with Gasteiger partial charge in [0, 0.05) is 11.1 Å². The third kappa shape index (κ3) is 1.87. The van der Waals surface area contributed by atoms with Crippen LogP contribution in [0.5, 0.6) is 11.5 Å². The maximum absolute atomic E-state index is 9.86. The van der Waals surface area contributed by atoms with E-state index < -0.39 is 0 Å². The molecule has 2 nitrogen and oxygen atoms in total. The topological polar surface area (TPSA) is 40.5 Å². The maximum Gasteiger partial charge on any atom is 0.136 e. The fourth-order valence-corrected chi connectivity index (χ4v) is 2.42. The van der Waals surface area contributed by atoms with Crippen LogP contribution >= 0.6 is 22.6 Å². The molecule has 0 unspecified atom stereocenters. The molecule has 2 aromatic rings. The second-order valence-corrected chi connectivity index (χ2v) is 4.68. The zero-order chi connectivity index (χ0) is 11.7. The van der Waals surface area contributed by atoms with Gasteiger partial charge >= 0.3 is 0 Å². The van der Waals surface area contributed by atoms with Crippen LogP contribution in [0.4, 0.5) is 0 Å². The summed E-state index contributed by atoms with van der Waals surface area (Å²) < 4.78 is 0.763. The van der Waals surface area contributed by atoms with Crippen LogP contribution in [0.2, 0.25) is 0 Å². The van der Waals surface area contributed by atoms with Crippen molar-refractivity contribution in [2.45, 2.75) is 6.92 Å². The Hall–Kier alpha value is -1.23. The molecule has 0 aromatic heterocycles. The highest BCUT2D eigenvalue weighted by molar-refractivity contribution is 14.1. The second kappa shape index (κ2) is 4.33. The monoisotopic (exact) mass is 326 g/mol. The number of aromatic hydroxyl groups is 2. The number of phenolic OH excluding ortho intramolecular Hbond substituents is 2. The van der Waals surface area contributed by atoms with Crippen molar-refractivity contribution in [3.63, 3.8) is 0 Å². The van der Waals surface area contributed by atoms with Crippen LogP contribution < -0.4 is 0 Å². The second-order valence-electron chi connectivity index (χ2n) is 3.60. The summed E-state index contributed by atoms with van der Waals surface area (Å²) in [4.78, 5) is 0. The lowest BCUT2D eigenvalue weighted by Gasteiger charge is -2.10. The standard InChI is InChI=1S/C13H11IO2/c1-8-11(15)7-10(12(14)13(8)16)9-5-3-2-4-6-9/h2-7,15-16H,1H3. The summed E-state index contributed by atoms with van der Waals surface area (Å²) in [6.45, 7) is 1.70. The Morgan fingerprint density at radius 3 is 2.31 bits per heavy atom. The summed E-state index contributed by atoms with van der Waals surface area (Å²) in [7, 11) is 0. The Morgan fingerprint density at radius 2 is 1.69 bits per heavy atom. The molecule has 0 spiro atoms. The van der Waals surface area contributed by atoms with Crippen molar-refractivity contribution in [2.75, 3.05) is 0 Å². The molecule has 0 amide bonds. The molecular weight excluding hydrogens is 315 g/mol. The molecule has 2 rings (SSSR count). The van der Waals surface area contributed by atoms with Gasteiger partial charge in [-0.2, -0.15) is 0 Å². The first-order valence-corrected chi connectivity index (χ1v) is 5.95. The van der Waals surface area contributed by atoms with Gasteiger partial charge in [-0.25, -0.2) is 0 Å². The lowest BCUT2D eigenvalue weighted by Crippen LogP contribution is -1.87. The first-order valence-electron chi connectivity index (χ1n) is 4.87. The van der Waals surface area contributed by atoms with Crippen LogP contribution in [0, 0.1) is 10.5 Å². The minimum atomic E-state index is 0.122. The van der Waals surface area contributed by atoms with E-state index in [2.05, 4.69) is 22.6 Å². The summed E-state index contributed by atoms with van der Waals surface area (Å²) in [5.41, 5.74) is 2.35. The molecule has 0 atom stereocenters. The van der Waals surface area contributed by atoms with Gasteiger partial charge in [0.25, 0.3) is 0 Å². The number of benzene rings is 2. The molecule has 0 radical (unpaired) electrons. The van der Waals surface area contributed by atoms with Gasteiger partial charge in [0.05, 0.1) is 3.57 Å². The van der Waals surface area contributed by atoms with E-state index in [4.69, 9.17) is 0 Å². The van der Waals surface area contributed by atoms with E-state index in [1.54, 1.807) is 13.0 Å². The molecular formula is C13H11IO2. The highest BCUT2D eigenvalue weighted by Crippen LogP contribution is 2.38. The Balaban J connectivity index is 2.68. The van der Waals surface area contributed by atoms with Crippen LogP contribution in [-0.2, 0) is 0 Å². The highest BCUT2D eigenvalue weighted by Gasteiger charge is 2.13. The van der Waals surface area contributed by atoms with Gasteiger partial charge in [-0.15, -0.1) is 0 Å². The molecule has 0 bridgehead atoms. The molecule has 82 valence electrons. The average Bonchev–Trinajstić information content (AvgIpc) is 2.32. The molecule has 0 saturated carbocycles. The van der Waals surface area contributed by atoms with Crippen LogP contribution in [0.15, 0.2) is 36.4 Å². The minimum Gasteiger partial charge on any atom is -0.508 e. The van der Waals surface area contributed by atoms with E-state index in [9.17, 15) is 10.2 Å². The molecule has 0 aliphatic carbocycles. The average molecular weight is 326 g/mol. The first-order chi connectivity index (χ1) is 7.61. The molecule has 0 aliphatic rings. The number of rotatable bonds is 1. The van der Waals surface area contributed by atoms with Crippen LogP contribution in [0.25, 0.3) is 11.1 Å². The fourth-order valence-electron chi connectivity index (χ4n) is 1.55. The van der Waals surface area contributed by atoms with E-state index in [1.165, 1.54) is 0 Å². The molecule has 16 heavy (non-hydrogen) atoms. The molecule has 2 aromatic carbocycles. The molecule has 2 N–H and O–H groups in total. The predicted octanol–water partition coefficient (Wildman–Crippen LogP) is 3.68. The van der Waals surface area contributed by atoms with Crippen LogP contribution in [-0.4, -0.2) is 10.2 Å². The van der Waals surface area contributed by atoms with Crippen molar-refractivity contribution in [2.24, 2.45) is 0 Å². The summed E-state index contributed by atoms with van der Waals surface area (Å²) in [6, 6.07) is 11.4. The highest BCUT2D eigenvalue weighted by atomic mass is 127. The molecule has 3 heteroatoms. The Bertz CT molecular complexity index is 521. The SMILES string of the molecule is Cc1c(O)cc(-c2ccccc2)c(I)c1O. The maximum atomic E-state index is 9.86. The zero-order valence-electron chi connectivity index (χ0n) is 8.74. The van der Waals surface area contributed by atoms with E-state index in [0.717, 1.165) is 14.7 Å². The van der Waals surface area contributed by atoms with Crippen molar-refractivity contribution < 1.29 is 10.2 Å². The van der Waals surface area contributed by atoms with Crippen molar-refractivity contribution in [1.82, 2.24) is 0 Å². The van der Waals surface area contributed by atoms with Crippen LogP contribution in [0.3, 0.4) is 0 Å². The van der Waals surface area contributed by atoms with Crippen molar-refractivity contribution in [3.8, 4) is 22.6 Å². The Kier molecular flexibility index (Phi) is 3.05. The van der Waals surface area contributed by atoms with Gasteiger partial charge in [0.1, 0.15) is 11.5 Å². The van der Waals surface area contributed by atoms with E-state index in [1.807, 2.05) is 30.3 Å². The fraction of sp³-hybridized carbons (Fsp3) is 0.0769. The lowest BCUT2D eigenvalue weighted by atomic mass is 10.0. The third-order valence-electron chi connectivity index (χ3n) is 2.55. The first kappa shape index (κ1) is 11.3. The number of halogens is 1. The van der Waals surface area contributed by atoms with Gasteiger partial charge in [0.2, 0.25) is 0 Å². The van der Waals surface area contributed by atoms with Gasteiger partial charge in [-0.3, -0.25) is 0 Å². The van der Waals surface area contributed by atoms with Gasteiger partial charge in [0.15, 0.2) is 0 Å². The van der Waals surface area contributed by atoms with Gasteiger partial charge in [-0.05, 0) is 41.1 Å². The zero-order valence-corrected chi connectivity index (χ0v) is 10.9. The quantitative estimate of drug-likeness (QED) is 0.785. The molecule has 0 aliphatic heterocycles. The van der Waals surface area contributed by atoms with Crippen LogP contribution in [0.1, 0.15) is 5.56 Å². The van der Waals surface area contributed by atoms with Crippen molar-refractivity contribution in [1.29, 1.82) is 0 Å².